The summed E-state index contributed by atoms with van der Waals surface area (Å²) in [6.07, 6.45) is 0. The molecule has 0 saturated heterocycles. The standard InChI is InChI=1S/C9H12O.C8H10O2.C2H6/c1-6-4-7(2)8(3)9(10)5-6;1-5-3-4-6(2)8(10)7(5)9;1-2/h4-5,10H,1-3H3;3-4,9-10H,1-2H3;1-2H3. The molecule has 3 heteroatoms. The van der Waals surface area contributed by atoms with Gasteiger partial charge >= 0.3 is 0 Å². The topological polar surface area (TPSA) is 60.7 Å². The lowest BCUT2D eigenvalue weighted by atomic mass is 10.1. The Labute approximate surface area is 133 Å². The third kappa shape index (κ3) is 5.32. The highest BCUT2D eigenvalue weighted by Gasteiger charge is 2.03. The van der Waals surface area contributed by atoms with E-state index in [0.717, 1.165) is 16.7 Å². The van der Waals surface area contributed by atoms with Crippen LogP contribution in [0.2, 0.25) is 0 Å². The Hall–Kier alpha value is -2.16. The number of hydrogen-bond donors (Lipinski definition) is 3. The molecule has 3 nitrogen and oxygen atoms in total. The van der Waals surface area contributed by atoms with Crippen LogP contribution in [0.5, 0.6) is 17.2 Å². The summed E-state index contributed by atoms with van der Waals surface area (Å²) in [4.78, 5) is 0. The van der Waals surface area contributed by atoms with Crippen molar-refractivity contribution in [2.45, 2.75) is 48.5 Å². The van der Waals surface area contributed by atoms with Crippen molar-refractivity contribution in [2.24, 2.45) is 0 Å². The van der Waals surface area contributed by atoms with E-state index in [-0.39, 0.29) is 11.5 Å². The number of rotatable bonds is 0. The van der Waals surface area contributed by atoms with Gasteiger partial charge in [-0.05, 0) is 68.5 Å². The lowest BCUT2D eigenvalue weighted by Crippen LogP contribution is -1.82. The van der Waals surface area contributed by atoms with Gasteiger partial charge < -0.3 is 15.3 Å². The van der Waals surface area contributed by atoms with E-state index in [9.17, 15) is 5.11 Å². The van der Waals surface area contributed by atoms with Gasteiger partial charge in [-0.15, -0.1) is 0 Å². The van der Waals surface area contributed by atoms with Crippen molar-refractivity contribution >= 4 is 0 Å². The molecule has 0 aliphatic heterocycles. The van der Waals surface area contributed by atoms with Crippen LogP contribution in [0.15, 0.2) is 24.3 Å². The molecule has 0 aliphatic rings. The zero-order valence-corrected chi connectivity index (χ0v) is 14.7. The molecule has 0 amide bonds. The Balaban J connectivity index is 0.000000360. The summed E-state index contributed by atoms with van der Waals surface area (Å²) in [5.74, 6) is 0.373. The average Bonchev–Trinajstić information content (AvgIpc) is 2.49. The predicted molar refractivity (Wildman–Crippen MR) is 92.9 cm³/mol. The van der Waals surface area contributed by atoms with E-state index in [1.165, 1.54) is 0 Å². The van der Waals surface area contributed by atoms with Gasteiger partial charge in [0.2, 0.25) is 0 Å². The van der Waals surface area contributed by atoms with Crippen LogP contribution in [0.4, 0.5) is 0 Å². The van der Waals surface area contributed by atoms with E-state index in [2.05, 4.69) is 6.07 Å². The first-order valence-electron chi connectivity index (χ1n) is 7.49. The van der Waals surface area contributed by atoms with E-state index in [1.54, 1.807) is 32.0 Å². The third-order valence-electron chi connectivity index (χ3n) is 3.34. The minimum atomic E-state index is -0.0139. The van der Waals surface area contributed by atoms with Crippen molar-refractivity contribution in [3.05, 3.63) is 52.1 Å². The minimum absolute atomic E-state index is 0.0139. The maximum absolute atomic E-state index is 9.28. The molecular weight excluding hydrogens is 276 g/mol. The van der Waals surface area contributed by atoms with Crippen LogP contribution in [0.1, 0.15) is 41.7 Å². The Bertz CT molecular complexity index is 566. The van der Waals surface area contributed by atoms with Gasteiger partial charge in [0.15, 0.2) is 11.5 Å². The van der Waals surface area contributed by atoms with E-state index < -0.39 is 0 Å². The van der Waals surface area contributed by atoms with Crippen LogP contribution in [0, 0.1) is 34.6 Å². The summed E-state index contributed by atoms with van der Waals surface area (Å²) < 4.78 is 0. The molecule has 3 N–H and O–H groups in total. The summed E-state index contributed by atoms with van der Waals surface area (Å²) in [5, 5.41) is 27.6. The van der Waals surface area contributed by atoms with Crippen molar-refractivity contribution in [1.29, 1.82) is 0 Å². The van der Waals surface area contributed by atoms with E-state index in [0.29, 0.717) is 16.9 Å². The van der Waals surface area contributed by atoms with Gasteiger partial charge in [-0.3, -0.25) is 0 Å². The lowest BCUT2D eigenvalue weighted by Gasteiger charge is -2.03. The highest BCUT2D eigenvalue weighted by molar-refractivity contribution is 5.48. The van der Waals surface area contributed by atoms with Crippen molar-refractivity contribution in [3.63, 3.8) is 0 Å². The number of phenolic OH excluding ortho intramolecular Hbond substituents is 3. The molecule has 2 aromatic rings. The summed E-state index contributed by atoms with van der Waals surface area (Å²) in [6, 6.07) is 7.38. The third-order valence-corrected chi connectivity index (χ3v) is 3.34. The largest absolute Gasteiger partial charge is 0.508 e. The Morgan fingerprint density at radius 2 is 1.05 bits per heavy atom. The number of aromatic hydroxyl groups is 3. The molecule has 2 rings (SSSR count). The Morgan fingerprint density at radius 1 is 0.636 bits per heavy atom. The zero-order chi connectivity index (χ0) is 17.4. The smallest absolute Gasteiger partial charge is 0.160 e. The number of aryl methyl sites for hydroxylation is 4. The normalized spacial score (nSPS) is 9.23. The van der Waals surface area contributed by atoms with Crippen LogP contribution in [-0.2, 0) is 0 Å². The Morgan fingerprint density at radius 3 is 1.41 bits per heavy atom. The molecule has 122 valence electrons. The highest BCUT2D eigenvalue weighted by Crippen LogP contribution is 2.30. The van der Waals surface area contributed by atoms with Gasteiger partial charge in [0.1, 0.15) is 5.75 Å². The molecule has 2 aromatic carbocycles. The fourth-order valence-corrected chi connectivity index (χ4v) is 1.80. The van der Waals surface area contributed by atoms with Crippen LogP contribution < -0.4 is 0 Å². The average molecular weight is 304 g/mol. The second kappa shape index (κ2) is 8.98. The van der Waals surface area contributed by atoms with Gasteiger partial charge in [-0.25, -0.2) is 0 Å². The van der Waals surface area contributed by atoms with Crippen LogP contribution in [0.3, 0.4) is 0 Å². The highest BCUT2D eigenvalue weighted by atomic mass is 16.3. The molecule has 0 spiro atoms. The van der Waals surface area contributed by atoms with Crippen LogP contribution in [-0.4, -0.2) is 15.3 Å². The second-order valence-electron chi connectivity index (χ2n) is 5.12. The van der Waals surface area contributed by atoms with Crippen molar-refractivity contribution in [2.75, 3.05) is 0 Å². The van der Waals surface area contributed by atoms with E-state index >= 15 is 0 Å². The first-order valence-corrected chi connectivity index (χ1v) is 7.49. The van der Waals surface area contributed by atoms with Crippen molar-refractivity contribution in [1.82, 2.24) is 0 Å². The number of phenols is 3. The van der Waals surface area contributed by atoms with Gasteiger partial charge in [0.05, 0.1) is 0 Å². The first kappa shape index (κ1) is 19.8. The maximum Gasteiger partial charge on any atom is 0.160 e. The SMILES string of the molecule is CC.Cc1cc(C)c(C)c(O)c1.Cc1ccc(C)c(O)c1O. The van der Waals surface area contributed by atoms with E-state index in [4.69, 9.17) is 10.2 Å². The molecule has 0 aliphatic carbocycles. The molecular formula is C19H28O3. The van der Waals surface area contributed by atoms with Gasteiger partial charge in [0.25, 0.3) is 0 Å². The van der Waals surface area contributed by atoms with E-state index in [1.807, 2.05) is 34.6 Å². The summed E-state index contributed by atoms with van der Waals surface area (Å²) in [7, 11) is 0. The lowest BCUT2D eigenvalue weighted by molar-refractivity contribution is 0.398. The van der Waals surface area contributed by atoms with Crippen LogP contribution >= 0.6 is 0 Å². The van der Waals surface area contributed by atoms with Gasteiger partial charge in [0, 0.05) is 0 Å². The fourth-order valence-electron chi connectivity index (χ4n) is 1.80. The molecule has 0 unspecified atom stereocenters. The summed E-state index contributed by atoms with van der Waals surface area (Å²) in [5.41, 5.74) is 4.63. The van der Waals surface area contributed by atoms with Crippen LogP contribution in [0.25, 0.3) is 0 Å². The monoisotopic (exact) mass is 304 g/mol. The predicted octanol–water partition coefficient (Wildman–Crippen LogP) is 5.06. The molecule has 0 saturated carbocycles. The molecule has 22 heavy (non-hydrogen) atoms. The molecule has 0 radical (unpaired) electrons. The fraction of sp³-hybridized carbons (Fsp3) is 0.368. The molecule has 0 fully saturated rings. The first-order chi connectivity index (χ1) is 10.2. The Kier molecular flexibility index (Phi) is 8.10. The van der Waals surface area contributed by atoms with Crippen molar-refractivity contribution < 1.29 is 15.3 Å². The molecule has 0 heterocycles. The number of hydrogen-bond acceptors (Lipinski definition) is 3. The second-order valence-corrected chi connectivity index (χ2v) is 5.12. The quantitative estimate of drug-likeness (QED) is 0.596. The molecule has 0 aromatic heterocycles. The summed E-state index contributed by atoms with van der Waals surface area (Å²) >= 11 is 0. The van der Waals surface area contributed by atoms with Gasteiger partial charge in [-0.2, -0.15) is 0 Å². The molecule has 0 atom stereocenters. The van der Waals surface area contributed by atoms with Gasteiger partial charge in [-0.1, -0.05) is 32.0 Å². The molecule has 0 bridgehead atoms. The summed E-state index contributed by atoms with van der Waals surface area (Å²) in [6.45, 7) is 13.4. The van der Waals surface area contributed by atoms with Crippen molar-refractivity contribution in [3.8, 4) is 17.2 Å². The zero-order valence-electron chi connectivity index (χ0n) is 14.7. The minimum Gasteiger partial charge on any atom is -0.508 e. The number of benzene rings is 2. The maximum atomic E-state index is 9.28.